The Balaban J connectivity index is 2.56. The number of furan rings is 1. The van der Waals surface area contributed by atoms with Crippen molar-refractivity contribution in [2.75, 3.05) is 0 Å². The smallest absolute Gasteiger partial charge is 0.147 e. The van der Waals surface area contributed by atoms with Crippen LogP contribution in [0.5, 0.6) is 0 Å². The van der Waals surface area contributed by atoms with Gasteiger partial charge in [-0.25, -0.2) is 0 Å². The highest BCUT2D eigenvalue weighted by molar-refractivity contribution is 6.50. The summed E-state index contributed by atoms with van der Waals surface area (Å²) < 4.78 is 5.18. The Morgan fingerprint density at radius 1 is 1.50 bits per heavy atom. The molecular formula is C9H7ClO2. The Labute approximate surface area is 74.8 Å². The first-order valence-corrected chi connectivity index (χ1v) is 4.11. The SMILES string of the molecule is O=CC1=C(Cl)c2ccoc2CC1. The minimum atomic E-state index is 0.542. The van der Waals surface area contributed by atoms with Crippen LogP contribution >= 0.6 is 11.6 Å². The predicted molar refractivity (Wildman–Crippen MR) is 45.9 cm³/mol. The first kappa shape index (κ1) is 7.62. The molecule has 0 bridgehead atoms. The topological polar surface area (TPSA) is 30.2 Å². The van der Waals surface area contributed by atoms with Crippen molar-refractivity contribution in [2.24, 2.45) is 0 Å². The lowest BCUT2D eigenvalue weighted by atomic mass is 9.99. The van der Waals surface area contributed by atoms with Gasteiger partial charge in [0.2, 0.25) is 0 Å². The summed E-state index contributed by atoms with van der Waals surface area (Å²) in [5.41, 5.74) is 1.54. The van der Waals surface area contributed by atoms with Crippen molar-refractivity contribution in [3.8, 4) is 0 Å². The molecule has 0 saturated heterocycles. The van der Waals surface area contributed by atoms with Crippen LogP contribution in [-0.4, -0.2) is 6.29 Å². The highest BCUT2D eigenvalue weighted by Crippen LogP contribution is 2.33. The first-order chi connectivity index (χ1) is 5.83. The van der Waals surface area contributed by atoms with Crippen LogP contribution in [0.25, 0.3) is 5.03 Å². The van der Waals surface area contributed by atoms with Gasteiger partial charge in [-0.15, -0.1) is 0 Å². The quantitative estimate of drug-likeness (QED) is 0.625. The number of allylic oxidation sites excluding steroid dienone is 1. The predicted octanol–water partition coefficient (Wildman–Crippen LogP) is 2.37. The lowest BCUT2D eigenvalue weighted by Gasteiger charge is -2.10. The van der Waals surface area contributed by atoms with Gasteiger partial charge in [0.25, 0.3) is 0 Å². The molecule has 12 heavy (non-hydrogen) atoms. The molecule has 0 atom stereocenters. The van der Waals surface area contributed by atoms with Gasteiger partial charge in [0, 0.05) is 17.6 Å². The van der Waals surface area contributed by atoms with Gasteiger partial charge in [-0.05, 0) is 12.5 Å². The summed E-state index contributed by atoms with van der Waals surface area (Å²) in [6.45, 7) is 0. The normalized spacial score (nSPS) is 16.1. The zero-order valence-corrected chi connectivity index (χ0v) is 7.10. The Hall–Kier alpha value is -1.02. The maximum Gasteiger partial charge on any atom is 0.147 e. The molecule has 1 aliphatic carbocycles. The monoisotopic (exact) mass is 182 g/mol. The molecule has 0 aromatic carbocycles. The van der Waals surface area contributed by atoms with Crippen molar-refractivity contribution in [3.05, 3.63) is 29.2 Å². The standard InChI is InChI=1S/C9H7ClO2/c10-9-6(5-11)1-2-8-7(9)3-4-12-8/h3-5H,1-2H2. The zero-order valence-electron chi connectivity index (χ0n) is 6.34. The third-order valence-corrected chi connectivity index (χ3v) is 2.47. The van der Waals surface area contributed by atoms with Gasteiger partial charge < -0.3 is 4.42 Å². The van der Waals surface area contributed by atoms with Gasteiger partial charge in [-0.1, -0.05) is 11.6 Å². The molecule has 2 nitrogen and oxygen atoms in total. The molecule has 0 aliphatic heterocycles. The average molecular weight is 183 g/mol. The number of carbonyl (C=O) groups is 1. The molecule has 0 fully saturated rings. The molecule has 62 valence electrons. The van der Waals surface area contributed by atoms with Gasteiger partial charge in [0.1, 0.15) is 12.0 Å². The average Bonchev–Trinajstić information content (AvgIpc) is 2.53. The second-order valence-corrected chi connectivity index (χ2v) is 3.09. The molecule has 0 N–H and O–H groups in total. The van der Waals surface area contributed by atoms with E-state index in [0.29, 0.717) is 17.0 Å². The summed E-state index contributed by atoms with van der Waals surface area (Å²) in [5.74, 6) is 0.880. The highest BCUT2D eigenvalue weighted by atomic mass is 35.5. The first-order valence-electron chi connectivity index (χ1n) is 3.73. The van der Waals surface area contributed by atoms with E-state index in [9.17, 15) is 4.79 Å². The van der Waals surface area contributed by atoms with Crippen LogP contribution in [0.15, 0.2) is 22.3 Å². The largest absolute Gasteiger partial charge is 0.469 e. The van der Waals surface area contributed by atoms with E-state index in [-0.39, 0.29) is 0 Å². The van der Waals surface area contributed by atoms with Crippen LogP contribution in [0.3, 0.4) is 0 Å². The van der Waals surface area contributed by atoms with Gasteiger partial charge in [-0.2, -0.15) is 0 Å². The van der Waals surface area contributed by atoms with Gasteiger partial charge in [-0.3, -0.25) is 4.79 Å². The van der Waals surface area contributed by atoms with E-state index in [2.05, 4.69) is 0 Å². The molecule has 3 heteroatoms. The maximum absolute atomic E-state index is 10.5. The number of aldehydes is 1. The van der Waals surface area contributed by atoms with Crippen molar-refractivity contribution in [1.29, 1.82) is 0 Å². The molecule has 1 aromatic rings. The van der Waals surface area contributed by atoms with E-state index >= 15 is 0 Å². The fraction of sp³-hybridized carbons (Fsp3) is 0.222. The molecule has 1 aliphatic rings. The number of hydrogen-bond donors (Lipinski definition) is 0. The van der Waals surface area contributed by atoms with E-state index in [1.807, 2.05) is 0 Å². The van der Waals surface area contributed by atoms with E-state index < -0.39 is 0 Å². The summed E-state index contributed by atoms with van der Waals surface area (Å²) >= 11 is 5.94. The van der Waals surface area contributed by atoms with E-state index in [1.165, 1.54) is 0 Å². The number of fused-ring (bicyclic) bond motifs is 1. The fourth-order valence-corrected chi connectivity index (χ4v) is 1.68. The zero-order chi connectivity index (χ0) is 8.55. The Kier molecular flexibility index (Phi) is 1.77. The molecule has 0 saturated carbocycles. The number of hydrogen-bond acceptors (Lipinski definition) is 2. The van der Waals surface area contributed by atoms with Crippen LogP contribution in [-0.2, 0) is 11.2 Å². The molecule has 0 unspecified atom stereocenters. The van der Waals surface area contributed by atoms with Crippen LogP contribution in [0.4, 0.5) is 0 Å². The van der Waals surface area contributed by atoms with Gasteiger partial charge in [0.05, 0.1) is 11.3 Å². The Morgan fingerprint density at radius 2 is 2.33 bits per heavy atom. The van der Waals surface area contributed by atoms with Crippen LogP contribution < -0.4 is 0 Å². The van der Waals surface area contributed by atoms with Gasteiger partial charge >= 0.3 is 0 Å². The van der Waals surface area contributed by atoms with Gasteiger partial charge in [0.15, 0.2) is 0 Å². The van der Waals surface area contributed by atoms with E-state index in [4.69, 9.17) is 16.0 Å². The third-order valence-electron chi connectivity index (χ3n) is 2.03. The molecule has 0 radical (unpaired) electrons. The van der Waals surface area contributed by atoms with Crippen molar-refractivity contribution >= 4 is 22.9 Å². The molecule has 1 heterocycles. The molecule has 2 rings (SSSR count). The Bertz CT molecular complexity index is 349. The second-order valence-electron chi connectivity index (χ2n) is 2.71. The number of aryl methyl sites for hydroxylation is 1. The number of carbonyl (C=O) groups excluding carboxylic acids is 1. The molecule has 0 spiro atoms. The molecule has 1 aromatic heterocycles. The minimum Gasteiger partial charge on any atom is -0.469 e. The second kappa shape index (κ2) is 2.79. The number of halogens is 1. The third kappa shape index (κ3) is 0.994. The highest BCUT2D eigenvalue weighted by Gasteiger charge is 2.19. The Morgan fingerprint density at radius 3 is 3.08 bits per heavy atom. The van der Waals surface area contributed by atoms with Crippen LogP contribution in [0, 0.1) is 0 Å². The summed E-state index contributed by atoms with van der Waals surface area (Å²) in [4.78, 5) is 10.5. The van der Waals surface area contributed by atoms with E-state index in [1.54, 1.807) is 12.3 Å². The summed E-state index contributed by atoms with van der Waals surface area (Å²) in [6.07, 6.45) is 3.87. The summed E-state index contributed by atoms with van der Waals surface area (Å²) in [7, 11) is 0. The van der Waals surface area contributed by atoms with Crippen LogP contribution in [0.2, 0.25) is 0 Å². The summed E-state index contributed by atoms with van der Waals surface area (Å²) in [6, 6.07) is 1.79. The van der Waals surface area contributed by atoms with Crippen molar-refractivity contribution in [2.45, 2.75) is 12.8 Å². The van der Waals surface area contributed by atoms with Crippen molar-refractivity contribution in [3.63, 3.8) is 0 Å². The molecule has 0 amide bonds. The lowest BCUT2D eigenvalue weighted by molar-refractivity contribution is -0.105. The minimum absolute atomic E-state index is 0.542. The lowest BCUT2D eigenvalue weighted by Crippen LogP contribution is -2.00. The number of rotatable bonds is 1. The fourth-order valence-electron chi connectivity index (χ4n) is 1.37. The van der Waals surface area contributed by atoms with Crippen molar-refractivity contribution < 1.29 is 9.21 Å². The van der Waals surface area contributed by atoms with E-state index in [0.717, 1.165) is 24.0 Å². The molecular weight excluding hydrogens is 176 g/mol. The summed E-state index contributed by atoms with van der Waals surface area (Å²) in [5, 5.41) is 0.542. The van der Waals surface area contributed by atoms with Crippen LogP contribution in [0.1, 0.15) is 17.7 Å². The maximum atomic E-state index is 10.5. The van der Waals surface area contributed by atoms with Crippen molar-refractivity contribution in [1.82, 2.24) is 0 Å².